The Balaban J connectivity index is 1.46. The fourth-order valence-corrected chi connectivity index (χ4v) is 3.05. The normalized spacial score (nSPS) is 19.6. The van der Waals surface area contributed by atoms with Crippen LogP contribution in [-0.4, -0.2) is 35.9 Å². The van der Waals surface area contributed by atoms with Gasteiger partial charge in [0, 0.05) is 6.07 Å². The van der Waals surface area contributed by atoms with Crippen molar-refractivity contribution >= 4 is 21.7 Å². The van der Waals surface area contributed by atoms with Crippen LogP contribution in [0.3, 0.4) is 0 Å². The van der Waals surface area contributed by atoms with Crippen molar-refractivity contribution in [2.45, 2.75) is 25.4 Å². The number of thiazole rings is 1. The van der Waals surface area contributed by atoms with E-state index in [1.165, 1.54) is 30.6 Å². The minimum Gasteiger partial charge on any atom is -0.477 e. The van der Waals surface area contributed by atoms with Gasteiger partial charge in [0.05, 0.1) is 19.8 Å². The highest BCUT2D eigenvalue weighted by Gasteiger charge is 2.22. The maximum atomic E-state index is 5.75. The van der Waals surface area contributed by atoms with Gasteiger partial charge in [0.25, 0.3) is 5.19 Å². The molecule has 0 spiro atoms. The molecule has 2 aliphatic rings. The molecule has 1 aliphatic carbocycles. The maximum Gasteiger partial charge on any atom is 0.276 e. The third-order valence-corrected chi connectivity index (χ3v) is 4.63. The van der Waals surface area contributed by atoms with Gasteiger partial charge in [-0.3, -0.25) is 0 Å². The number of aromatic nitrogens is 2. The first kappa shape index (κ1) is 12.3. The quantitative estimate of drug-likeness (QED) is 0.848. The Morgan fingerprint density at radius 2 is 2.15 bits per heavy atom. The summed E-state index contributed by atoms with van der Waals surface area (Å²) in [7, 11) is 0. The zero-order valence-electron chi connectivity index (χ0n) is 11.1. The molecular weight excluding hydrogens is 276 g/mol. The second kappa shape index (κ2) is 5.18. The molecule has 1 aliphatic heterocycles. The molecule has 2 aromatic rings. The third kappa shape index (κ3) is 2.45. The largest absolute Gasteiger partial charge is 0.477 e. The SMILES string of the molecule is c1cc2nc(OC3COC3)sc2nc1OCC1CCC1. The summed E-state index contributed by atoms with van der Waals surface area (Å²) in [6, 6.07) is 3.83. The van der Waals surface area contributed by atoms with E-state index in [1.807, 2.05) is 12.1 Å². The fraction of sp³-hybridized carbons (Fsp3) is 0.571. The monoisotopic (exact) mass is 292 g/mol. The molecule has 0 unspecified atom stereocenters. The van der Waals surface area contributed by atoms with Crippen molar-refractivity contribution in [1.82, 2.24) is 9.97 Å². The van der Waals surface area contributed by atoms with Crippen LogP contribution >= 0.6 is 11.3 Å². The lowest BCUT2D eigenvalue weighted by atomic mass is 9.86. The van der Waals surface area contributed by atoms with Gasteiger partial charge < -0.3 is 14.2 Å². The molecule has 2 fully saturated rings. The van der Waals surface area contributed by atoms with E-state index in [2.05, 4.69) is 9.97 Å². The molecule has 0 atom stereocenters. The Morgan fingerprint density at radius 1 is 1.25 bits per heavy atom. The molecule has 20 heavy (non-hydrogen) atoms. The molecular formula is C14H16N2O3S. The Kier molecular flexibility index (Phi) is 3.20. The fourth-order valence-electron chi connectivity index (χ4n) is 2.20. The van der Waals surface area contributed by atoms with Crippen molar-refractivity contribution in [3.05, 3.63) is 12.1 Å². The Morgan fingerprint density at radius 3 is 2.85 bits per heavy atom. The Labute approximate surface area is 120 Å². The van der Waals surface area contributed by atoms with Crippen molar-refractivity contribution in [2.75, 3.05) is 19.8 Å². The first-order valence-corrected chi connectivity index (χ1v) is 7.83. The van der Waals surface area contributed by atoms with Gasteiger partial charge in [0.2, 0.25) is 5.88 Å². The molecule has 0 amide bonds. The Hall–Kier alpha value is -1.40. The van der Waals surface area contributed by atoms with Crippen molar-refractivity contribution in [1.29, 1.82) is 0 Å². The molecule has 1 saturated heterocycles. The maximum absolute atomic E-state index is 5.75. The summed E-state index contributed by atoms with van der Waals surface area (Å²) in [5.74, 6) is 1.40. The number of fused-ring (bicyclic) bond motifs is 1. The average Bonchev–Trinajstić information content (AvgIpc) is 2.74. The lowest BCUT2D eigenvalue weighted by Gasteiger charge is -2.24. The first-order chi connectivity index (χ1) is 9.87. The molecule has 5 nitrogen and oxygen atoms in total. The molecule has 106 valence electrons. The molecule has 0 aromatic carbocycles. The average molecular weight is 292 g/mol. The van der Waals surface area contributed by atoms with Gasteiger partial charge in [0.15, 0.2) is 4.83 Å². The van der Waals surface area contributed by atoms with Gasteiger partial charge in [-0.15, -0.1) is 0 Å². The summed E-state index contributed by atoms with van der Waals surface area (Å²) in [6.45, 7) is 2.08. The highest BCUT2D eigenvalue weighted by molar-refractivity contribution is 7.19. The molecule has 3 heterocycles. The van der Waals surface area contributed by atoms with Crippen LogP contribution < -0.4 is 9.47 Å². The van der Waals surface area contributed by atoms with Crippen molar-refractivity contribution in [3.63, 3.8) is 0 Å². The van der Waals surface area contributed by atoms with Crippen LogP contribution in [0, 0.1) is 5.92 Å². The van der Waals surface area contributed by atoms with Gasteiger partial charge in [-0.2, -0.15) is 0 Å². The van der Waals surface area contributed by atoms with Crippen LogP contribution in [0.5, 0.6) is 11.1 Å². The van der Waals surface area contributed by atoms with Crippen LogP contribution in [-0.2, 0) is 4.74 Å². The number of hydrogen-bond acceptors (Lipinski definition) is 6. The molecule has 0 bridgehead atoms. The lowest BCUT2D eigenvalue weighted by Crippen LogP contribution is -2.38. The highest BCUT2D eigenvalue weighted by Crippen LogP contribution is 2.30. The second-order valence-corrected chi connectivity index (χ2v) is 6.28. The molecule has 0 radical (unpaired) electrons. The van der Waals surface area contributed by atoms with E-state index in [0.29, 0.717) is 30.2 Å². The van der Waals surface area contributed by atoms with E-state index in [1.54, 1.807) is 0 Å². The van der Waals surface area contributed by atoms with Gasteiger partial charge >= 0.3 is 0 Å². The summed E-state index contributed by atoms with van der Waals surface area (Å²) in [5.41, 5.74) is 0.862. The van der Waals surface area contributed by atoms with Crippen molar-refractivity contribution in [3.8, 4) is 11.1 Å². The topological polar surface area (TPSA) is 53.5 Å². The minimum absolute atomic E-state index is 0.143. The van der Waals surface area contributed by atoms with Crippen molar-refractivity contribution < 1.29 is 14.2 Å². The zero-order valence-corrected chi connectivity index (χ0v) is 11.9. The van der Waals surface area contributed by atoms with E-state index < -0.39 is 0 Å². The van der Waals surface area contributed by atoms with E-state index in [4.69, 9.17) is 14.2 Å². The smallest absolute Gasteiger partial charge is 0.276 e. The first-order valence-electron chi connectivity index (χ1n) is 7.01. The molecule has 0 N–H and O–H groups in total. The van der Waals surface area contributed by atoms with Gasteiger partial charge in [-0.05, 0) is 24.8 Å². The molecule has 6 heteroatoms. The summed E-state index contributed by atoms with van der Waals surface area (Å²) in [6.07, 6.45) is 4.04. The zero-order chi connectivity index (χ0) is 13.4. The van der Waals surface area contributed by atoms with Gasteiger partial charge in [0.1, 0.15) is 11.6 Å². The summed E-state index contributed by atoms with van der Waals surface area (Å²) in [5, 5.41) is 0.664. The van der Waals surface area contributed by atoms with Gasteiger partial charge in [-0.25, -0.2) is 9.97 Å². The number of rotatable bonds is 5. The predicted molar refractivity (Wildman–Crippen MR) is 75.5 cm³/mol. The molecule has 1 saturated carbocycles. The van der Waals surface area contributed by atoms with Crippen molar-refractivity contribution in [2.24, 2.45) is 5.92 Å². The van der Waals surface area contributed by atoms with Crippen LogP contribution in [0.1, 0.15) is 19.3 Å². The number of ether oxygens (including phenoxy) is 3. The van der Waals surface area contributed by atoms with E-state index >= 15 is 0 Å². The number of nitrogens with zero attached hydrogens (tertiary/aromatic N) is 2. The van der Waals surface area contributed by atoms with E-state index in [0.717, 1.165) is 17.0 Å². The summed E-state index contributed by atoms with van der Waals surface area (Å²) < 4.78 is 16.5. The minimum atomic E-state index is 0.143. The van der Waals surface area contributed by atoms with Crippen LogP contribution in [0.25, 0.3) is 10.3 Å². The molecule has 2 aromatic heterocycles. The second-order valence-electron chi connectivity index (χ2n) is 5.34. The number of hydrogen-bond donors (Lipinski definition) is 0. The summed E-state index contributed by atoms with van der Waals surface area (Å²) >= 11 is 1.46. The number of pyridine rings is 1. The summed E-state index contributed by atoms with van der Waals surface area (Å²) in [4.78, 5) is 9.79. The van der Waals surface area contributed by atoms with E-state index in [-0.39, 0.29) is 6.10 Å². The highest BCUT2D eigenvalue weighted by atomic mass is 32.1. The standard InChI is InChI=1S/C14H16N2O3S/c1-2-9(3-1)6-18-12-5-4-11-13(16-12)20-14(15-11)19-10-7-17-8-10/h4-5,9-10H,1-3,6-8H2. The van der Waals surface area contributed by atoms with E-state index in [9.17, 15) is 0 Å². The van der Waals surface area contributed by atoms with Crippen LogP contribution in [0.15, 0.2) is 12.1 Å². The van der Waals surface area contributed by atoms with Crippen LogP contribution in [0.4, 0.5) is 0 Å². The predicted octanol–water partition coefficient (Wildman–Crippen LogP) is 2.65. The lowest BCUT2D eigenvalue weighted by molar-refractivity contribution is -0.0796. The third-order valence-electron chi connectivity index (χ3n) is 3.78. The Bertz CT molecular complexity index is 607. The molecule has 4 rings (SSSR count). The van der Waals surface area contributed by atoms with Gasteiger partial charge in [-0.1, -0.05) is 17.8 Å². The van der Waals surface area contributed by atoms with Crippen LogP contribution in [0.2, 0.25) is 0 Å².